The van der Waals surface area contributed by atoms with E-state index >= 15 is 0 Å². The van der Waals surface area contributed by atoms with E-state index in [0.717, 1.165) is 12.8 Å². The lowest BCUT2D eigenvalue weighted by molar-refractivity contribution is 0.158. The number of carbonyl (C=O) groups excluding carboxylic acids is 1. The topological polar surface area (TPSA) is 84.5 Å². The highest BCUT2D eigenvalue weighted by Gasteiger charge is 2.24. The molecule has 0 unspecified atom stereocenters. The van der Waals surface area contributed by atoms with Gasteiger partial charge in [-0.05, 0) is 32.6 Å². The molecule has 2 N–H and O–H groups in total. The van der Waals surface area contributed by atoms with Crippen molar-refractivity contribution in [3.63, 3.8) is 0 Å². The third kappa shape index (κ3) is 5.56. The summed E-state index contributed by atoms with van der Waals surface area (Å²) in [6.45, 7) is 1.72. The predicted octanol–water partition coefficient (Wildman–Crippen LogP) is 1.12. The monoisotopic (exact) mass is 284 g/mol. The molecular formula is C9H17ClN2O4S. The van der Waals surface area contributed by atoms with Gasteiger partial charge >= 0.3 is 16.3 Å². The largest absolute Gasteiger partial charge is 0.449 e. The molecule has 17 heavy (non-hydrogen) atoms. The van der Waals surface area contributed by atoms with Gasteiger partial charge in [0.25, 0.3) is 0 Å². The third-order valence-electron chi connectivity index (χ3n) is 2.47. The first-order valence-electron chi connectivity index (χ1n) is 5.54. The van der Waals surface area contributed by atoms with Crippen LogP contribution >= 0.6 is 11.6 Å². The van der Waals surface area contributed by atoms with Gasteiger partial charge in [0, 0.05) is 11.4 Å². The molecule has 1 amide bonds. The van der Waals surface area contributed by atoms with E-state index in [9.17, 15) is 13.2 Å². The molecule has 1 aliphatic rings. The maximum Gasteiger partial charge on any atom is 0.421 e. The minimum atomic E-state index is -3.84. The van der Waals surface area contributed by atoms with Gasteiger partial charge in [-0.2, -0.15) is 13.1 Å². The fraction of sp³-hybridized carbons (Fsp3) is 0.889. The Hall–Kier alpha value is -0.530. The lowest BCUT2D eigenvalue weighted by atomic mass is 9.96. The third-order valence-corrected chi connectivity index (χ3v) is 3.99. The first kappa shape index (κ1) is 14.5. The van der Waals surface area contributed by atoms with Crippen molar-refractivity contribution in [2.24, 2.45) is 0 Å². The van der Waals surface area contributed by atoms with Gasteiger partial charge in [0.1, 0.15) is 0 Å². The fourth-order valence-electron chi connectivity index (χ4n) is 1.69. The number of amides is 1. The second-order valence-corrected chi connectivity index (χ2v) is 5.96. The first-order chi connectivity index (χ1) is 7.93. The average Bonchev–Trinajstić information content (AvgIpc) is 2.20. The predicted molar refractivity (Wildman–Crippen MR) is 64.1 cm³/mol. The summed E-state index contributed by atoms with van der Waals surface area (Å²) < 4.78 is 31.7. The number of ether oxygens (including phenoxy) is 1. The van der Waals surface area contributed by atoms with Crippen molar-refractivity contribution in [1.82, 2.24) is 9.44 Å². The Bertz CT molecular complexity index is 352. The highest BCUT2D eigenvalue weighted by molar-refractivity contribution is 7.88. The van der Waals surface area contributed by atoms with Crippen molar-refractivity contribution in [1.29, 1.82) is 0 Å². The molecule has 0 aliphatic heterocycles. The summed E-state index contributed by atoms with van der Waals surface area (Å²) >= 11 is 5.91. The minimum Gasteiger partial charge on any atom is -0.449 e. The molecule has 0 atom stereocenters. The van der Waals surface area contributed by atoms with E-state index in [0.29, 0.717) is 12.8 Å². The van der Waals surface area contributed by atoms with Crippen molar-refractivity contribution in [2.45, 2.75) is 44.0 Å². The minimum absolute atomic E-state index is 0.119. The summed E-state index contributed by atoms with van der Waals surface area (Å²) in [5.41, 5.74) is 0. The Kier molecular flexibility index (Phi) is 5.48. The van der Waals surface area contributed by atoms with Gasteiger partial charge in [-0.3, -0.25) is 0 Å². The number of hydrogen-bond donors (Lipinski definition) is 2. The summed E-state index contributed by atoms with van der Waals surface area (Å²) in [6.07, 6.45) is 1.93. The van der Waals surface area contributed by atoms with E-state index in [4.69, 9.17) is 11.6 Å². The van der Waals surface area contributed by atoms with Crippen LogP contribution in [0.25, 0.3) is 0 Å². The van der Waals surface area contributed by atoms with E-state index in [1.165, 1.54) is 0 Å². The molecule has 0 heterocycles. The van der Waals surface area contributed by atoms with Crippen molar-refractivity contribution in [3.05, 3.63) is 0 Å². The molecule has 8 heteroatoms. The zero-order chi connectivity index (χ0) is 12.9. The summed E-state index contributed by atoms with van der Waals surface area (Å²) in [5, 5.41) is 0.119. The van der Waals surface area contributed by atoms with Crippen LogP contribution in [-0.4, -0.2) is 32.5 Å². The quantitative estimate of drug-likeness (QED) is 0.758. The van der Waals surface area contributed by atoms with Gasteiger partial charge in [0.2, 0.25) is 0 Å². The standard InChI is InChI=1S/C9H17ClN2O4S/c1-2-16-9(13)12-17(14,15)11-8-5-3-7(10)4-6-8/h7-8,11H,2-6H2,1H3,(H,12,13). The molecule has 6 nitrogen and oxygen atoms in total. The van der Waals surface area contributed by atoms with Crippen molar-refractivity contribution in [2.75, 3.05) is 6.61 Å². The van der Waals surface area contributed by atoms with E-state index in [2.05, 4.69) is 9.46 Å². The van der Waals surface area contributed by atoms with Crippen LogP contribution < -0.4 is 9.44 Å². The number of carbonyl (C=O) groups is 1. The maximum atomic E-state index is 11.5. The molecular weight excluding hydrogens is 268 g/mol. The van der Waals surface area contributed by atoms with Crippen LogP contribution in [0.5, 0.6) is 0 Å². The van der Waals surface area contributed by atoms with Gasteiger partial charge in [-0.1, -0.05) is 0 Å². The summed E-state index contributed by atoms with van der Waals surface area (Å²) in [5.74, 6) is 0. The van der Waals surface area contributed by atoms with E-state index < -0.39 is 16.3 Å². The van der Waals surface area contributed by atoms with E-state index in [1.54, 1.807) is 11.6 Å². The Morgan fingerprint density at radius 2 is 1.94 bits per heavy atom. The van der Waals surface area contributed by atoms with Gasteiger partial charge in [0.15, 0.2) is 0 Å². The molecule has 0 saturated heterocycles. The second kappa shape index (κ2) is 6.42. The number of alkyl halides is 1. The summed E-state index contributed by atoms with van der Waals surface area (Å²) in [7, 11) is -3.84. The Balaban J connectivity index is 2.41. The number of hydrogen-bond acceptors (Lipinski definition) is 4. The second-order valence-electron chi connectivity index (χ2n) is 3.89. The first-order valence-corrected chi connectivity index (χ1v) is 7.46. The molecule has 1 aliphatic carbocycles. The molecule has 0 aromatic rings. The van der Waals surface area contributed by atoms with Crippen molar-refractivity contribution in [3.8, 4) is 0 Å². The number of rotatable bonds is 4. The average molecular weight is 285 g/mol. The van der Waals surface area contributed by atoms with Gasteiger partial charge in [-0.25, -0.2) is 9.52 Å². The lowest BCUT2D eigenvalue weighted by Crippen LogP contribution is -2.46. The number of nitrogens with one attached hydrogen (secondary N) is 2. The van der Waals surface area contributed by atoms with Crippen LogP contribution in [0.4, 0.5) is 4.79 Å². The molecule has 1 saturated carbocycles. The summed E-state index contributed by atoms with van der Waals surface area (Å²) in [6, 6.07) is -0.170. The van der Waals surface area contributed by atoms with Gasteiger partial charge in [-0.15, -0.1) is 11.6 Å². The van der Waals surface area contributed by atoms with Crippen LogP contribution in [0, 0.1) is 0 Å². The molecule has 0 aromatic heterocycles. The maximum absolute atomic E-state index is 11.5. The molecule has 0 spiro atoms. The lowest BCUT2D eigenvalue weighted by Gasteiger charge is -2.25. The zero-order valence-corrected chi connectivity index (χ0v) is 11.2. The SMILES string of the molecule is CCOC(=O)NS(=O)(=O)NC1CCC(Cl)CC1. The molecule has 0 bridgehead atoms. The fourth-order valence-corrected chi connectivity index (χ4v) is 2.95. The smallest absolute Gasteiger partial charge is 0.421 e. The van der Waals surface area contributed by atoms with Crippen LogP contribution in [0.3, 0.4) is 0 Å². The molecule has 1 rings (SSSR count). The molecule has 0 radical (unpaired) electrons. The van der Waals surface area contributed by atoms with E-state index in [-0.39, 0.29) is 18.0 Å². The Morgan fingerprint density at radius 1 is 1.35 bits per heavy atom. The van der Waals surface area contributed by atoms with Crippen molar-refractivity contribution < 1.29 is 17.9 Å². The molecule has 100 valence electrons. The zero-order valence-electron chi connectivity index (χ0n) is 9.61. The number of halogens is 1. The normalized spacial score (nSPS) is 25.3. The molecule has 1 fully saturated rings. The summed E-state index contributed by atoms with van der Waals surface area (Å²) in [4.78, 5) is 11.0. The van der Waals surface area contributed by atoms with Crippen LogP contribution in [-0.2, 0) is 14.9 Å². The van der Waals surface area contributed by atoms with Gasteiger partial charge in [0.05, 0.1) is 6.61 Å². The van der Waals surface area contributed by atoms with Gasteiger partial charge < -0.3 is 4.74 Å². The highest BCUT2D eigenvalue weighted by atomic mass is 35.5. The molecule has 0 aromatic carbocycles. The van der Waals surface area contributed by atoms with Crippen LogP contribution in [0.2, 0.25) is 0 Å². The van der Waals surface area contributed by atoms with E-state index in [1.807, 2.05) is 0 Å². The highest BCUT2D eigenvalue weighted by Crippen LogP contribution is 2.22. The Labute approximate surface area is 106 Å². The van der Waals surface area contributed by atoms with Crippen LogP contribution in [0.15, 0.2) is 0 Å². The van der Waals surface area contributed by atoms with Crippen molar-refractivity contribution >= 4 is 27.9 Å². The Morgan fingerprint density at radius 3 is 2.47 bits per heavy atom. The van der Waals surface area contributed by atoms with Crippen LogP contribution in [0.1, 0.15) is 32.6 Å².